The highest BCUT2D eigenvalue weighted by atomic mass is 16.2. The van der Waals surface area contributed by atoms with E-state index in [1.54, 1.807) is 24.3 Å². The van der Waals surface area contributed by atoms with Crippen molar-refractivity contribution in [2.24, 2.45) is 0 Å². The lowest BCUT2D eigenvalue weighted by Gasteiger charge is -2.26. The molecule has 1 atom stereocenters. The molecule has 5 N–H and O–H groups in total. The Kier molecular flexibility index (Phi) is 5.21. The summed E-state index contributed by atoms with van der Waals surface area (Å²) in [6.07, 6.45) is 2.07. The van der Waals surface area contributed by atoms with E-state index in [9.17, 15) is 14.4 Å². The number of nitrogens with one attached hydrogen (secondary N) is 3. The summed E-state index contributed by atoms with van der Waals surface area (Å²) in [6, 6.07) is 6.70. The SMILES string of the molecule is CC(=O)Nc1ccc(NC(=O)[C@@H]2CC(=O)Nc3nc(N4CCCC4)nc(N)c32)cc1. The second-order valence-electron chi connectivity index (χ2n) is 7.42. The van der Waals surface area contributed by atoms with E-state index in [2.05, 4.69) is 25.9 Å². The molecule has 156 valence electrons. The van der Waals surface area contributed by atoms with Gasteiger partial charge in [-0.2, -0.15) is 9.97 Å². The molecule has 2 aliphatic heterocycles. The van der Waals surface area contributed by atoms with E-state index in [1.165, 1.54) is 6.92 Å². The van der Waals surface area contributed by atoms with Gasteiger partial charge in [0.25, 0.3) is 0 Å². The van der Waals surface area contributed by atoms with Gasteiger partial charge >= 0.3 is 0 Å². The van der Waals surface area contributed by atoms with E-state index in [0.717, 1.165) is 25.9 Å². The Hall–Kier alpha value is -3.69. The first kappa shape index (κ1) is 19.6. The quantitative estimate of drug-likeness (QED) is 0.602. The molecule has 30 heavy (non-hydrogen) atoms. The van der Waals surface area contributed by atoms with Crippen LogP contribution in [0.25, 0.3) is 0 Å². The number of hydrogen-bond donors (Lipinski definition) is 4. The topological polar surface area (TPSA) is 142 Å². The standard InChI is InChI=1S/C20H23N7O3/c1-11(28)22-12-4-6-13(7-5-12)23-19(30)14-10-15(29)24-18-16(14)17(21)25-20(26-18)27-8-2-3-9-27/h4-7,14H,2-3,8-10H2,1H3,(H,22,28)(H,23,30)(H3,21,24,25,26,29)/t14-/m1/s1. The van der Waals surface area contributed by atoms with Crippen LogP contribution in [0, 0.1) is 0 Å². The van der Waals surface area contributed by atoms with Gasteiger partial charge in [0.1, 0.15) is 11.6 Å². The summed E-state index contributed by atoms with van der Waals surface area (Å²) in [7, 11) is 0. The predicted octanol–water partition coefficient (Wildman–Crippen LogP) is 1.68. The lowest BCUT2D eigenvalue weighted by molar-refractivity contribution is -0.123. The first-order valence-corrected chi connectivity index (χ1v) is 9.81. The number of rotatable bonds is 4. The molecule has 4 rings (SSSR count). The van der Waals surface area contributed by atoms with Gasteiger partial charge in [-0.15, -0.1) is 0 Å². The summed E-state index contributed by atoms with van der Waals surface area (Å²) >= 11 is 0. The summed E-state index contributed by atoms with van der Waals surface area (Å²) in [5.74, 6) is -0.683. The zero-order valence-electron chi connectivity index (χ0n) is 16.6. The van der Waals surface area contributed by atoms with E-state index in [-0.39, 0.29) is 30.0 Å². The second-order valence-corrected chi connectivity index (χ2v) is 7.42. The van der Waals surface area contributed by atoms with Crippen LogP contribution in [0.15, 0.2) is 24.3 Å². The molecule has 1 fully saturated rings. The summed E-state index contributed by atoms with van der Waals surface area (Å²) < 4.78 is 0. The molecular weight excluding hydrogens is 386 g/mol. The maximum atomic E-state index is 12.9. The van der Waals surface area contributed by atoms with Gasteiger partial charge in [-0.25, -0.2) is 0 Å². The molecule has 1 aromatic carbocycles. The molecule has 0 bridgehead atoms. The number of fused-ring (bicyclic) bond motifs is 1. The average Bonchev–Trinajstić information content (AvgIpc) is 3.23. The van der Waals surface area contributed by atoms with Crippen molar-refractivity contribution in [2.45, 2.75) is 32.1 Å². The Bertz CT molecular complexity index is 1000. The van der Waals surface area contributed by atoms with Crippen LogP contribution in [0.5, 0.6) is 0 Å². The minimum Gasteiger partial charge on any atom is -0.383 e. The monoisotopic (exact) mass is 409 g/mol. The molecular formula is C20H23N7O3. The maximum Gasteiger partial charge on any atom is 0.232 e. The molecule has 0 spiro atoms. The molecule has 1 aromatic heterocycles. The Labute approximate surface area is 173 Å². The third kappa shape index (κ3) is 4.02. The number of anilines is 5. The van der Waals surface area contributed by atoms with Crippen molar-refractivity contribution in [1.29, 1.82) is 0 Å². The summed E-state index contributed by atoms with van der Waals surface area (Å²) in [6.45, 7) is 3.10. The second kappa shape index (κ2) is 7.97. The van der Waals surface area contributed by atoms with Crippen molar-refractivity contribution in [3.05, 3.63) is 29.8 Å². The van der Waals surface area contributed by atoms with Gasteiger partial charge in [-0.3, -0.25) is 14.4 Å². The van der Waals surface area contributed by atoms with Crippen molar-refractivity contribution in [2.75, 3.05) is 39.7 Å². The molecule has 2 aromatic rings. The number of carbonyl (C=O) groups is 3. The normalized spacial score (nSPS) is 17.8. The van der Waals surface area contributed by atoms with Gasteiger partial charge in [0.2, 0.25) is 23.7 Å². The van der Waals surface area contributed by atoms with Crippen LogP contribution in [-0.4, -0.2) is 40.8 Å². The zero-order valence-corrected chi connectivity index (χ0v) is 16.6. The molecule has 10 nitrogen and oxygen atoms in total. The van der Waals surface area contributed by atoms with Gasteiger partial charge in [-0.05, 0) is 37.1 Å². The van der Waals surface area contributed by atoms with E-state index in [0.29, 0.717) is 28.7 Å². The van der Waals surface area contributed by atoms with Crippen molar-refractivity contribution in [1.82, 2.24) is 9.97 Å². The predicted molar refractivity (Wildman–Crippen MR) is 113 cm³/mol. The van der Waals surface area contributed by atoms with Crippen LogP contribution in [0.4, 0.5) is 29.0 Å². The van der Waals surface area contributed by atoms with E-state index >= 15 is 0 Å². The Balaban J connectivity index is 1.56. The minimum atomic E-state index is -0.795. The van der Waals surface area contributed by atoms with Crippen LogP contribution in [0.3, 0.4) is 0 Å². The maximum absolute atomic E-state index is 12.9. The number of benzene rings is 1. The number of carbonyl (C=O) groups excluding carboxylic acids is 3. The number of nitrogen functional groups attached to an aromatic ring is 1. The number of amides is 3. The Morgan fingerprint density at radius 3 is 2.37 bits per heavy atom. The number of nitrogens with zero attached hydrogens (tertiary/aromatic N) is 3. The minimum absolute atomic E-state index is 0.0422. The fourth-order valence-corrected chi connectivity index (χ4v) is 3.74. The largest absolute Gasteiger partial charge is 0.383 e. The third-order valence-corrected chi connectivity index (χ3v) is 5.14. The van der Waals surface area contributed by atoms with Crippen molar-refractivity contribution in [3.8, 4) is 0 Å². The summed E-state index contributed by atoms with van der Waals surface area (Å²) in [5.41, 5.74) is 7.79. The van der Waals surface area contributed by atoms with Crippen molar-refractivity contribution < 1.29 is 14.4 Å². The Morgan fingerprint density at radius 1 is 1.10 bits per heavy atom. The van der Waals surface area contributed by atoms with Gasteiger partial charge in [0.05, 0.1) is 11.5 Å². The van der Waals surface area contributed by atoms with Crippen molar-refractivity contribution >= 4 is 46.7 Å². The van der Waals surface area contributed by atoms with E-state index < -0.39 is 5.92 Å². The summed E-state index contributed by atoms with van der Waals surface area (Å²) in [4.78, 5) is 47.2. The van der Waals surface area contributed by atoms with E-state index in [1.807, 2.05) is 4.90 Å². The highest BCUT2D eigenvalue weighted by Crippen LogP contribution is 2.37. The number of aromatic nitrogens is 2. The summed E-state index contributed by atoms with van der Waals surface area (Å²) in [5, 5.41) is 8.18. The van der Waals surface area contributed by atoms with E-state index in [4.69, 9.17) is 5.73 Å². The van der Waals surface area contributed by atoms with Crippen LogP contribution < -0.4 is 26.6 Å². The van der Waals surface area contributed by atoms with Crippen LogP contribution >= 0.6 is 0 Å². The molecule has 3 amide bonds. The van der Waals surface area contributed by atoms with Gasteiger partial charge in [-0.1, -0.05) is 0 Å². The molecule has 0 saturated carbocycles. The lowest BCUT2D eigenvalue weighted by atomic mass is 9.92. The van der Waals surface area contributed by atoms with Crippen LogP contribution in [0.1, 0.15) is 37.7 Å². The third-order valence-electron chi connectivity index (χ3n) is 5.14. The van der Waals surface area contributed by atoms with Crippen LogP contribution in [0.2, 0.25) is 0 Å². The highest BCUT2D eigenvalue weighted by molar-refractivity contribution is 6.05. The Morgan fingerprint density at radius 2 is 1.73 bits per heavy atom. The van der Waals surface area contributed by atoms with Gasteiger partial charge in [0.15, 0.2) is 0 Å². The molecule has 0 radical (unpaired) electrons. The molecule has 2 aliphatic rings. The van der Waals surface area contributed by atoms with Gasteiger partial charge < -0.3 is 26.6 Å². The molecule has 1 saturated heterocycles. The first-order chi connectivity index (χ1) is 14.4. The highest BCUT2D eigenvalue weighted by Gasteiger charge is 2.35. The van der Waals surface area contributed by atoms with Gasteiger partial charge in [0, 0.05) is 37.8 Å². The first-order valence-electron chi connectivity index (χ1n) is 9.81. The number of hydrogen-bond acceptors (Lipinski definition) is 7. The zero-order chi connectivity index (χ0) is 21.3. The fourth-order valence-electron chi connectivity index (χ4n) is 3.74. The van der Waals surface area contributed by atoms with Crippen LogP contribution in [-0.2, 0) is 14.4 Å². The number of nitrogens with two attached hydrogens (primary N) is 1. The smallest absolute Gasteiger partial charge is 0.232 e. The molecule has 10 heteroatoms. The lowest BCUT2D eigenvalue weighted by Crippen LogP contribution is -2.33. The van der Waals surface area contributed by atoms with Crippen molar-refractivity contribution in [3.63, 3.8) is 0 Å². The average molecular weight is 409 g/mol. The molecule has 0 unspecified atom stereocenters. The molecule has 3 heterocycles. The fraction of sp³-hybridized carbons (Fsp3) is 0.350. The molecule has 0 aliphatic carbocycles.